The summed E-state index contributed by atoms with van der Waals surface area (Å²) in [6.45, 7) is 1.82. The van der Waals surface area contributed by atoms with Crippen molar-refractivity contribution in [2.45, 2.75) is 19.6 Å². The zero-order valence-electron chi connectivity index (χ0n) is 10.9. The smallest absolute Gasteiger partial charge is 0.138 e. The Morgan fingerprint density at radius 3 is 2.55 bits per heavy atom. The molecule has 0 saturated carbocycles. The summed E-state index contributed by atoms with van der Waals surface area (Å²) in [6.07, 6.45) is 0. The van der Waals surface area contributed by atoms with Crippen molar-refractivity contribution < 1.29 is 13.5 Å². The second-order valence-corrected chi connectivity index (χ2v) is 4.91. The molecule has 0 unspecified atom stereocenters. The summed E-state index contributed by atoms with van der Waals surface area (Å²) in [7, 11) is 0. The zero-order chi connectivity index (χ0) is 14.7. The zero-order valence-corrected chi connectivity index (χ0v) is 11.6. The highest BCUT2D eigenvalue weighted by Gasteiger charge is 2.08. The van der Waals surface area contributed by atoms with Crippen LogP contribution in [0.3, 0.4) is 0 Å². The first kappa shape index (κ1) is 14.8. The van der Waals surface area contributed by atoms with Gasteiger partial charge in [0.15, 0.2) is 0 Å². The van der Waals surface area contributed by atoms with Crippen molar-refractivity contribution in [2.24, 2.45) is 5.73 Å². The van der Waals surface area contributed by atoms with Gasteiger partial charge >= 0.3 is 0 Å². The lowest BCUT2D eigenvalue weighted by Gasteiger charge is -2.11. The molecule has 2 aromatic rings. The van der Waals surface area contributed by atoms with Gasteiger partial charge in [-0.1, -0.05) is 17.7 Å². The summed E-state index contributed by atoms with van der Waals surface area (Å²) in [5.74, 6) is -0.835. The molecule has 0 radical (unpaired) electrons. The summed E-state index contributed by atoms with van der Waals surface area (Å²) in [5, 5.41) is 0.405. The van der Waals surface area contributed by atoms with Crippen molar-refractivity contribution in [3.8, 4) is 5.75 Å². The third-order valence-corrected chi connectivity index (χ3v) is 3.18. The molecule has 0 spiro atoms. The Morgan fingerprint density at radius 2 is 1.95 bits per heavy atom. The first-order valence-electron chi connectivity index (χ1n) is 6.09. The minimum atomic E-state index is -0.645. The van der Waals surface area contributed by atoms with Crippen LogP contribution in [0.5, 0.6) is 5.75 Å². The van der Waals surface area contributed by atoms with Crippen molar-refractivity contribution >= 4 is 11.6 Å². The topological polar surface area (TPSA) is 35.2 Å². The van der Waals surface area contributed by atoms with Gasteiger partial charge in [-0.25, -0.2) is 8.78 Å². The minimum absolute atomic E-state index is 0.0244. The molecule has 5 heteroatoms. The third kappa shape index (κ3) is 3.46. The summed E-state index contributed by atoms with van der Waals surface area (Å²) < 4.78 is 31.7. The highest BCUT2D eigenvalue weighted by molar-refractivity contribution is 6.32. The molecule has 1 atom stereocenters. The van der Waals surface area contributed by atoms with Crippen LogP contribution in [0.2, 0.25) is 5.02 Å². The molecule has 0 amide bonds. The second kappa shape index (κ2) is 6.20. The molecule has 2 nitrogen and oxygen atoms in total. The molecule has 0 aliphatic heterocycles. The van der Waals surface area contributed by atoms with Crippen molar-refractivity contribution in [1.29, 1.82) is 0 Å². The van der Waals surface area contributed by atoms with Gasteiger partial charge in [0, 0.05) is 17.7 Å². The maximum atomic E-state index is 13.5. The summed E-state index contributed by atoms with van der Waals surface area (Å²) >= 11 is 6.07. The Hall–Kier alpha value is -1.65. The molecule has 0 bridgehead atoms. The first-order valence-corrected chi connectivity index (χ1v) is 6.47. The molecule has 106 valence electrons. The fourth-order valence-electron chi connectivity index (χ4n) is 1.71. The predicted octanol–water partition coefficient (Wildman–Crippen LogP) is 4.22. The van der Waals surface area contributed by atoms with Crippen LogP contribution >= 0.6 is 11.6 Å². The van der Waals surface area contributed by atoms with Crippen LogP contribution in [0.1, 0.15) is 24.1 Å². The Kier molecular flexibility index (Phi) is 4.57. The van der Waals surface area contributed by atoms with E-state index >= 15 is 0 Å². The number of hydrogen-bond donors (Lipinski definition) is 1. The number of rotatable bonds is 4. The van der Waals surface area contributed by atoms with E-state index in [1.165, 1.54) is 12.1 Å². The van der Waals surface area contributed by atoms with Crippen LogP contribution in [-0.2, 0) is 6.61 Å². The average Bonchev–Trinajstić information content (AvgIpc) is 2.38. The molecular formula is C15H14ClF2NO. The van der Waals surface area contributed by atoms with Gasteiger partial charge in [0.05, 0.1) is 5.02 Å². The Bertz CT molecular complexity index is 617. The fraction of sp³-hybridized carbons (Fsp3) is 0.200. The van der Waals surface area contributed by atoms with Gasteiger partial charge in [-0.15, -0.1) is 0 Å². The van der Waals surface area contributed by atoms with Crippen LogP contribution in [-0.4, -0.2) is 0 Å². The number of benzene rings is 2. The number of hydrogen-bond acceptors (Lipinski definition) is 2. The van der Waals surface area contributed by atoms with E-state index in [0.29, 0.717) is 10.8 Å². The van der Waals surface area contributed by atoms with Gasteiger partial charge < -0.3 is 10.5 Å². The second-order valence-electron chi connectivity index (χ2n) is 4.50. The molecule has 0 aliphatic carbocycles. The number of ether oxygens (including phenoxy) is 1. The highest BCUT2D eigenvalue weighted by atomic mass is 35.5. The third-order valence-electron chi connectivity index (χ3n) is 2.88. The molecular weight excluding hydrogens is 284 g/mol. The molecule has 2 rings (SSSR count). The fourth-order valence-corrected chi connectivity index (χ4v) is 1.96. The number of halogens is 3. The lowest BCUT2D eigenvalue weighted by molar-refractivity contribution is 0.299. The maximum Gasteiger partial charge on any atom is 0.138 e. The van der Waals surface area contributed by atoms with Crippen LogP contribution in [0.4, 0.5) is 8.78 Å². The van der Waals surface area contributed by atoms with Crippen molar-refractivity contribution in [1.82, 2.24) is 0 Å². The summed E-state index contributed by atoms with van der Waals surface area (Å²) in [6, 6.07) is 8.41. The van der Waals surface area contributed by atoms with E-state index in [2.05, 4.69) is 0 Å². The summed E-state index contributed by atoms with van der Waals surface area (Å²) in [4.78, 5) is 0. The maximum absolute atomic E-state index is 13.5. The molecule has 2 aromatic carbocycles. The standard InChI is InChI=1S/C15H14ClF2NO/c1-9(19)10-3-5-15(13(16)6-10)20-8-11-2-4-12(17)7-14(11)18/h2-7,9H,8,19H2,1H3/t9-/m1/s1. The molecule has 20 heavy (non-hydrogen) atoms. The Labute approximate surface area is 121 Å². The van der Waals surface area contributed by atoms with E-state index in [4.69, 9.17) is 22.1 Å². The number of nitrogens with two attached hydrogens (primary N) is 1. The van der Waals surface area contributed by atoms with Crippen molar-refractivity contribution in [3.63, 3.8) is 0 Å². The van der Waals surface area contributed by atoms with Crippen LogP contribution < -0.4 is 10.5 Å². The van der Waals surface area contributed by atoms with Gasteiger partial charge in [0.25, 0.3) is 0 Å². The van der Waals surface area contributed by atoms with Crippen LogP contribution in [0.15, 0.2) is 36.4 Å². The molecule has 0 aliphatic rings. The molecule has 0 saturated heterocycles. The Morgan fingerprint density at radius 1 is 1.20 bits per heavy atom. The average molecular weight is 298 g/mol. The molecule has 0 aromatic heterocycles. The lowest BCUT2D eigenvalue weighted by atomic mass is 10.1. The minimum Gasteiger partial charge on any atom is -0.487 e. The molecule has 0 heterocycles. The highest BCUT2D eigenvalue weighted by Crippen LogP contribution is 2.28. The van der Waals surface area contributed by atoms with Gasteiger partial charge in [-0.3, -0.25) is 0 Å². The largest absolute Gasteiger partial charge is 0.487 e. The van der Waals surface area contributed by atoms with E-state index in [9.17, 15) is 8.78 Å². The van der Waals surface area contributed by atoms with Gasteiger partial charge in [0.2, 0.25) is 0 Å². The molecule has 0 fully saturated rings. The Balaban J connectivity index is 2.11. The van der Waals surface area contributed by atoms with Crippen LogP contribution in [0, 0.1) is 11.6 Å². The monoisotopic (exact) mass is 297 g/mol. The predicted molar refractivity (Wildman–Crippen MR) is 74.7 cm³/mol. The summed E-state index contributed by atoms with van der Waals surface area (Å²) in [5.41, 5.74) is 6.89. The van der Waals surface area contributed by atoms with Gasteiger partial charge in [-0.2, -0.15) is 0 Å². The molecule has 2 N–H and O–H groups in total. The quantitative estimate of drug-likeness (QED) is 0.917. The van der Waals surface area contributed by atoms with E-state index in [1.807, 2.05) is 6.92 Å². The van der Waals surface area contributed by atoms with E-state index in [-0.39, 0.29) is 18.2 Å². The van der Waals surface area contributed by atoms with Gasteiger partial charge in [-0.05, 0) is 36.8 Å². The van der Waals surface area contributed by atoms with E-state index in [0.717, 1.165) is 11.6 Å². The normalized spacial score (nSPS) is 12.2. The van der Waals surface area contributed by atoms with Crippen LogP contribution in [0.25, 0.3) is 0 Å². The lowest BCUT2D eigenvalue weighted by Crippen LogP contribution is -2.05. The van der Waals surface area contributed by atoms with Crippen molar-refractivity contribution in [3.05, 3.63) is 64.2 Å². The van der Waals surface area contributed by atoms with Crippen molar-refractivity contribution in [2.75, 3.05) is 0 Å². The SMILES string of the molecule is C[C@@H](N)c1ccc(OCc2ccc(F)cc2F)c(Cl)c1. The van der Waals surface area contributed by atoms with Gasteiger partial charge in [0.1, 0.15) is 24.0 Å². The van der Waals surface area contributed by atoms with E-state index in [1.54, 1.807) is 18.2 Å². The van der Waals surface area contributed by atoms with E-state index < -0.39 is 11.6 Å². The first-order chi connectivity index (χ1) is 9.47.